The maximum atomic E-state index is 12.2. The van der Waals surface area contributed by atoms with Crippen LogP contribution in [0.1, 0.15) is 0 Å². The highest BCUT2D eigenvalue weighted by Crippen LogP contribution is 2.21. The predicted molar refractivity (Wildman–Crippen MR) is 86.9 cm³/mol. The molecule has 2 rings (SSSR count). The van der Waals surface area contributed by atoms with Crippen molar-refractivity contribution in [1.82, 2.24) is 9.80 Å². The lowest BCUT2D eigenvalue weighted by Gasteiger charge is -2.34. The van der Waals surface area contributed by atoms with Gasteiger partial charge < -0.3 is 10.6 Å². The summed E-state index contributed by atoms with van der Waals surface area (Å²) in [5.74, 6) is 0.740. The summed E-state index contributed by atoms with van der Waals surface area (Å²) in [6, 6.07) is 8.05. The SMILES string of the molecule is NCCN1CCN(C(=O)CSc2ccc(Br)cc2)CC1. The summed E-state index contributed by atoms with van der Waals surface area (Å²) >= 11 is 5.00. The Morgan fingerprint density at radius 3 is 2.45 bits per heavy atom. The molecule has 0 spiro atoms. The summed E-state index contributed by atoms with van der Waals surface area (Å²) in [6.45, 7) is 5.13. The topological polar surface area (TPSA) is 49.6 Å². The quantitative estimate of drug-likeness (QED) is 0.814. The Balaban J connectivity index is 1.74. The second-order valence-corrected chi connectivity index (χ2v) is 6.72. The molecule has 0 saturated carbocycles. The van der Waals surface area contributed by atoms with Crippen LogP contribution in [0.2, 0.25) is 0 Å². The van der Waals surface area contributed by atoms with Gasteiger partial charge in [-0.15, -0.1) is 11.8 Å². The summed E-state index contributed by atoms with van der Waals surface area (Å²) in [7, 11) is 0. The lowest BCUT2D eigenvalue weighted by molar-refractivity contribution is -0.130. The summed E-state index contributed by atoms with van der Waals surface area (Å²) in [6.07, 6.45) is 0. The average molecular weight is 358 g/mol. The van der Waals surface area contributed by atoms with Gasteiger partial charge in [-0.05, 0) is 24.3 Å². The zero-order chi connectivity index (χ0) is 14.4. The first-order chi connectivity index (χ1) is 9.69. The largest absolute Gasteiger partial charge is 0.339 e. The summed E-state index contributed by atoms with van der Waals surface area (Å²) in [5, 5.41) is 0. The Kier molecular flexibility index (Phi) is 6.35. The van der Waals surface area contributed by atoms with Crippen LogP contribution in [0.15, 0.2) is 33.6 Å². The van der Waals surface area contributed by atoms with Crippen LogP contribution < -0.4 is 5.73 Å². The average Bonchev–Trinajstić information content (AvgIpc) is 2.47. The number of amides is 1. The summed E-state index contributed by atoms with van der Waals surface area (Å²) < 4.78 is 1.06. The van der Waals surface area contributed by atoms with Gasteiger partial charge in [0.15, 0.2) is 0 Å². The molecule has 20 heavy (non-hydrogen) atoms. The third kappa shape index (κ3) is 4.77. The molecule has 6 heteroatoms. The van der Waals surface area contributed by atoms with E-state index < -0.39 is 0 Å². The van der Waals surface area contributed by atoms with Crippen molar-refractivity contribution in [1.29, 1.82) is 0 Å². The summed E-state index contributed by atoms with van der Waals surface area (Å²) in [5.41, 5.74) is 5.55. The number of thioether (sulfide) groups is 1. The minimum absolute atomic E-state index is 0.227. The number of hydrogen-bond acceptors (Lipinski definition) is 4. The standard InChI is InChI=1S/C14H20BrN3OS/c15-12-1-3-13(4-2-12)20-11-14(19)18-9-7-17(6-5-16)8-10-18/h1-4H,5-11,16H2. The number of rotatable bonds is 5. The first-order valence-electron chi connectivity index (χ1n) is 6.77. The van der Waals surface area contributed by atoms with Crippen LogP contribution in [0.4, 0.5) is 0 Å². The van der Waals surface area contributed by atoms with E-state index in [1.807, 2.05) is 29.2 Å². The first-order valence-corrected chi connectivity index (χ1v) is 8.55. The molecule has 0 aromatic heterocycles. The van der Waals surface area contributed by atoms with E-state index in [0.29, 0.717) is 12.3 Å². The van der Waals surface area contributed by atoms with Crippen molar-refractivity contribution >= 4 is 33.6 Å². The minimum atomic E-state index is 0.227. The van der Waals surface area contributed by atoms with Crippen LogP contribution >= 0.6 is 27.7 Å². The third-order valence-corrected chi connectivity index (χ3v) is 4.87. The smallest absolute Gasteiger partial charge is 0.233 e. The molecule has 2 N–H and O–H groups in total. The number of nitrogens with two attached hydrogens (primary N) is 1. The second kappa shape index (κ2) is 8.02. The molecule has 4 nitrogen and oxygen atoms in total. The van der Waals surface area contributed by atoms with E-state index in [1.54, 1.807) is 11.8 Å². The van der Waals surface area contributed by atoms with Gasteiger partial charge >= 0.3 is 0 Å². The maximum Gasteiger partial charge on any atom is 0.233 e. The van der Waals surface area contributed by atoms with Crippen LogP contribution in [0.5, 0.6) is 0 Å². The number of nitrogens with zero attached hydrogens (tertiary/aromatic N) is 2. The Bertz CT molecular complexity index is 433. The molecule has 0 bridgehead atoms. The Morgan fingerprint density at radius 1 is 1.20 bits per heavy atom. The van der Waals surface area contributed by atoms with Crippen LogP contribution in [0.3, 0.4) is 0 Å². The van der Waals surface area contributed by atoms with Crippen molar-refractivity contribution in [2.24, 2.45) is 5.73 Å². The van der Waals surface area contributed by atoms with Gasteiger partial charge in [0.25, 0.3) is 0 Å². The highest BCUT2D eigenvalue weighted by atomic mass is 79.9. The lowest BCUT2D eigenvalue weighted by atomic mass is 10.3. The van der Waals surface area contributed by atoms with Gasteiger partial charge in [-0.25, -0.2) is 0 Å². The van der Waals surface area contributed by atoms with Gasteiger partial charge in [0, 0.05) is 48.6 Å². The molecule has 0 aliphatic carbocycles. The number of hydrogen-bond donors (Lipinski definition) is 1. The molecule has 0 radical (unpaired) electrons. The fraction of sp³-hybridized carbons (Fsp3) is 0.500. The van der Waals surface area contributed by atoms with Gasteiger partial charge in [0.1, 0.15) is 0 Å². The number of carbonyl (C=O) groups excluding carboxylic acids is 1. The molecular formula is C14H20BrN3OS. The Morgan fingerprint density at radius 2 is 1.85 bits per heavy atom. The number of carbonyl (C=O) groups is 1. The zero-order valence-corrected chi connectivity index (χ0v) is 13.8. The molecular weight excluding hydrogens is 338 g/mol. The predicted octanol–water partition coefficient (Wildman–Crippen LogP) is 1.64. The van der Waals surface area contributed by atoms with Crippen LogP contribution in [-0.4, -0.2) is 60.7 Å². The van der Waals surface area contributed by atoms with Crippen molar-refractivity contribution in [3.63, 3.8) is 0 Å². The molecule has 1 saturated heterocycles. The Hall–Kier alpha value is -0.560. The van der Waals surface area contributed by atoms with Gasteiger partial charge in [-0.3, -0.25) is 9.69 Å². The van der Waals surface area contributed by atoms with E-state index >= 15 is 0 Å². The van der Waals surface area contributed by atoms with Crippen LogP contribution in [0, 0.1) is 0 Å². The molecule has 1 heterocycles. The van der Waals surface area contributed by atoms with Crippen molar-refractivity contribution in [2.45, 2.75) is 4.90 Å². The van der Waals surface area contributed by atoms with E-state index in [0.717, 1.165) is 42.1 Å². The monoisotopic (exact) mass is 357 g/mol. The molecule has 1 aromatic carbocycles. The maximum absolute atomic E-state index is 12.2. The molecule has 1 aromatic rings. The first kappa shape index (κ1) is 15.8. The fourth-order valence-corrected chi connectivity index (χ4v) is 3.24. The normalized spacial score (nSPS) is 16.4. The molecule has 1 aliphatic rings. The number of benzene rings is 1. The van der Waals surface area contributed by atoms with Crippen molar-refractivity contribution in [2.75, 3.05) is 45.0 Å². The van der Waals surface area contributed by atoms with E-state index in [-0.39, 0.29) is 5.91 Å². The lowest BCUT2D eigenvalue weighted by Crippen LogP contribution is -2.50. The molecule has 1 amide bonds. The van der Waals surface area contributed by atoms with E-state index in [4.69, 9.17) is 5.73 Å². The van der Waals surface area contributed by atoms with Gasteiger partial charge in [0.2, 0.25) is 5.91 Å². The second-order valence-electron chi connectivity index (χ2n) is 4.75. The Labute approximate surface area is 132 Å². The van der Waals surface area contributed by atoms with Crippen molar-refractivity contribution in [3.8, 4) is 0 Å². The fourth-order valence-electron chi connectivity index (χ4n) is 2.17. The highest BCUT2D eigenvalue weighted by molar-refractivity contribution is 9.10. The highest BCUT2D eigenvalue weighted by Gasteiger charge is 2.20. The number of halogens is 1. The molecule has 1 fully saturated rings. The van der Waals surface area contributed by atoms with Crippen molar-refractivity contribution in [3.05, 3.63) is 28.7 Å². The van der Waals surface area contributed by atoms with Gasteiger partial charge in [0.05, 0.1) is 5.75 Å². The summed E-state index contributed by atoms with van der Waals surface area (Å²) in [4.78, 5) is 17.6. The molecule has 110 valence electrons. The molecule has 1 aliphatic heterocycles. The van der Waals surface area contributed by atoms with E-state index in [9.17, 15) is 4.79 Å². The van der Waals surface area contributed by atoms with E-state index in [2.05, 4.69) is 20.8 Å². The minimum Gasteiger partial charge on any atom is -0.339 e. The van der Waals surface area contributed by atoms with E-state index in [1.165, 1.54) is 0 Å². The van der Waals surface area contributed by atoms with Gasteiger partial charge in [-0.1, -0.05) is 15.9 Å². The van der Waals surface area contributed by atoms with Gasteiger partial charge in [-0.2, -0.15) is 0 Å². The third-order valence-electron chi connectivity index (χ3n) is 3.35. The van der Waals surface area contributed by atoms with Crippen LogP contribution in [-0.2, 0) is 4.79 Å². The molecule has 0 atom stereocenters. The van der Waals surface area contributed by atoms with Crippen LogP contribution in [0.25, 0.3) is 0 Å². The number of piperazine rings is 1. The molecule has 0 unspecified atom stereocenters. The zero-order valence-electron chi connectivity index (χ0n) is 11.4. The van der Waals surface area contributed by atoms with Crippen molar-refractivity contribution < 1.29 is 4.79 Å².